The molecular formula is C11H18ClN3. The summed E-state index contributed by atoms with van der Waals surface area (Å²) in [7, 11) is 0. The molecule has 0 N–H and O–H groups in total. The molecule has 0 saturated heterocycles. The maximum atomic E-state index is 5.68. The van der Waals surface area contributed by atoms with E-state index in [-0.39, 0.29) is 0 Å². The minimum Gasteiger partial charge on any atom is -0.249 e. The van der Waals surface area contributed by atoms with E-state index in [2.05, 4.69) is 23.4 Å². The topological polar surface area (TPSA) is 30.7 Å². The molecule has 2 unspecified atom stereocenters. The summed E-state index contributed by atoms with van der Waals surface area (Å²) in [6.07, 6.45) is 8.04. The number of aromatic nitrogens is 3. The summed E-state index contributed by atoms with van der Waals surface area (Å²) in [5, 5.41) is 8.34. The van der Waals surface area contributed by atoms with Crippen LogP contribution in [-0.2, 0) is 6.42 Å². The molecule has 1 aromatic heterocycles. The molecule has 1 aliphatic carbocycles. The van der Waals surface area contributed by atoms with Gasteiger partial charge >= 0.3 is 0 Å². The Labute approximate surface area is 95.8 Å². The summed E-state index contributed by atoms with van der Waals surface area (Å²) in [6.45, 7) is 2.32. The van der Waals surface area contributed by atoms with Gasteiger partial charge in [-0.1, -0.05) is 25.0 Å². The molecule has 4 heteroatoms. The Kier molecular flexibility index (Phi) is 3.62. The van der Waals surface area contributed by atoms with Crippen molar-refractivity contribution in [1.29, 1.82) is 0 Å². The maximum Gasteiger partial charge on any atom is 0.0839 e. The average Bonchev–Trinajstić information content (AvgIpc) is 2.67. The zero-order chi connectivity index (χ0) is 10.7. The van der Waals surface area contributed by atoms with Gasteiger partial charge in [0.2, 0.25) is 0 Å². The number of halogens is 1. The average molecular weight is 228 g/mol. The second kappa shape index (κ2) is 4.97. The van der Waals surface area contributed by atoms with E-state index < -0.39 is 0 Å². The lowest BCUT2D eigenvalue weighted by atomic mass is 9.87. The van der Waals surface area contributed by atoms with Crippen molar-refractivity contribution in [3.05, 3.63) is 11.9 Å². The quantitative estimate of drug-likeness (QED) is 0.744. The summed E-state index contributed by atoms with van der Waals surface area (Å²) in [4.78, 5) is 0. The van der Waals surface area contributed by atoms with Gasteiger partial charge in [0.05, 0.1) is 11.7 Å². The molecule has 1 saturated carbocycles. The number of aryl methyl sites for hydroxylation is 1. The van der Waals surface area contributed by atoms with Crippen LogP contribution in [0.5, 0.6) is 0 Å². The van der Waals surface area contributed by atoms with Crippen molar-refractivity contribution >= 4 is 11.6 Å². The van der Waals surface area contributed by atoms with Crippen molar-refractivity contribution in [2.75, 3.05) is 5.88 Å². The molecule has 0 spiro atoms. The largest absolute Gasteiger partial charge is 0.249 e. The number of hydrogen-bond acceptors (Lipinski definition) is 2. The van der Waals surface area contributed by atoms with Crippen LogP contribution in [-0.4, -0.2) is 20.9 Å². The van der Waals surface area contributed by atoms with E-state index in [1.54, 1.807) is 0 Å². The molecule has 0 amide bonds. The monoisotopic (exact) mass is 227 g/mol. The standard InChI is InChI=1S/C11H18ClN3/c1-9-3-2-4-11(7-9)15-8-10(5-6-12)13-14-15/h8-9,11H,2-7H2,1H3. The molecule has 1 aromatic rings. The van der Waals surface area contributed by atoms with Crippen molar-refractivity contribution < 1.29 is 0 Å². The smallest absolute Gasteiger partial charge is 0.0839 e. The van der Waals surface area contributed by atoms with Gasteiger partial charge in [-0.2, -0.15) is 0 Å². The first-order chi connectivity index (χ1) is 7.29. The molecule has 1 fully saturated rings. The van der Waals surface area contributed by atoms with Crippen LogP contribution in [0.3, 0.4) is 0 Å². The highest BCUT2D eigenvalue weighted by Crippen LogP contribution is 2.31. The molecule has 2 atom stereocenters. The fraction of sp³-hybridized carbons (Fsp3) is 0.818. The van der Waals surface area contributed by atoms with E-state index >= 15 is 0 Å². The van der Waals surface area contributed by atoms with E-state index in [0.29, 0.717) is 11.9 Å². The van der Waals surface area contributed by atoms with Gasteiger partial charge in [-0.3, -0.25) is 0 Å². The minimum atomic E-state index is 0.560. The summed E-state index contributed by atoms with van der Waals surface area (Å²) in [5.41, 5.74) is 1.02. The van der Waals surface area contributed by atoms with E-state index in [1.807, 2.05) is 4.68 Å². The first-order valence-electron chi connectivity index (χ1n) is 5.76. The van der Waals surface area contributed by atoms with Crippen molar-refractivity contribution in [2.45, 2.75) is 45.1 Å². The molecule has 3 nitrogen and oxygen atoms in total. The lowest BCUT2D eigenvalue weighted by Gasteiger charge is -2.26. The molecule has 0 bridgehead atoms. The van der Waals surface area contributed by atoms with Gasteiger partial charge in [0.25, 0.3) is 0 Å². The van der Waals surface area contributed by atoms with Crippen LogP contribution in [0.2, 0.25) is 0 Å². The van der Waals surface area contributed by atoms with Crippen LogP contribution in [0.15, 0.2) is 6.20 Å². The molecule has 0 aromatic carbocycles. The Morgan fingerprint density at radius 1 is 1.53 bits per heavy atom. The molecular weight excluding hydrogens is 210 g/mol. The number of rotatable bonds is 3. The highest BCUT2D eigenvalue weighted by atomic mass is 35.5. The third-order valence-corrected chi connectivity index (χ3v) is 3.38. The Morgan fingerprint density at radius 3 is 3.13 bits per heavy atom. The van der Waals surface area contributed by atoms with Gasteiger partial charge in [0.1, 0.15) is 0 Å². The fourth-order valence-electron chi connectivity index (χ4n) is 2.35. The lowest BCUT2D eigenvalue weighted by Crippen LogP contribution is -2.18. The first kappa shape index (κ1) is 10.9. The molecule has 15 heavy (non-hydrogen) atoms. The van der Waals surface area contributed by atoms with Crippen molar-refractivity contribution in [3.8, 4) is 0 Å². The Hall–Kier alpha value is -0.570. The highest BCUT2D eigenvalue weighted by Gasteiger charge is 2.21. The fourth-order valence-corrected chi connectivity index (χ4v) is 2.54. The minimum absolute atomic E-state index is 0.560. The Balaban J connectivity index is 2.01. The third kappa shape index (κ3) is 2.71. The Bertz CT molecular complexity index is 311. The SMILES string of the molecule is CC1CCCC(n2cc(CCCl)nn2)C1. The molecule has 84 valence electrons. The lowest BCUT2D eigenvalue weighted by molar-refractivity contribution is 0.263. The van der Waals surface area contributed by atoms with E-state index in [0.717, 1.165) is 18.0 Å². The van der Waals surface area contributed by atoms with Crippen molar-refractivity contribution in [1.82, 2.24) is 15.0 Å². The predicted molar refractivity (Wildman–Crippen MR) is 61.1 cm³/mol. The van der Waals surface area contributed by atoms with Crippen LogP contribution in [0, 0.1) is 5.92 Å². The second-order valence-corrected chi connectivity index (χ2v) is 4.93. The van der Waals surface area contributed by atoms with Crippen molar-refractivity contribution in [3.63, 3.8) is 0 Å². The zero-order valence-corrected chi connectivity index (χ0v) is 9.95. The zero-order valence-electron chi connectivity index (χ0n) is 9.19. The summed E-state index contributed by atoms with van der Waals surface area (Å²) >= 11 is 5.68. The van der Waals surface area contributed by atoms with Crippen LogP contribution >= 0.6 is 11.6 Å². The summed E-state index contributed by atoms with van der Waals surface area (Å²) < 4.78 is 2.04. The summed E-state index contributed by atoms with van der Waals surface area (Å²) in [5.74, 6) is 1.45. The van der Waals surface area contributed by atoms with Crippen LogP contribution < -0.4 is 0 Å². The molecule has 2 rings (SSSR count). The van der Waals surface area contributed by atoms with E-state index in [1.165, 1.54) is 25.7 Å². The van der Waals surface area contributed by atoms with Gasteiger partial charge in [0.15, 0.2) is 0 Å². The molecule has 0 aliphatic heterocycles. The first-order valence-corrected chi connectivity index (χ1v) is 6.29. The van der Waals surface area contributed by atoms with Crippen LogP contribution in [0.25, 0.3) is 0 Å². The van der Waals surface area contributed by atoms with E-state index in [9.17, 15) is 0 Å². The van der Waals surface area contributed by atoms with Gasteiger partial charge in [-0.05, 0) is 18.8 Å². The second-order valence-electron chi connectivity index (χ2n) is 4.55. The molecule has 0 radical (unpaired) electrons. The van der Waals surface area contributed by atoms with Gasteiger partial charge in [0, 0.05) is 18.5 Å². The number of alkyl halides is 1. The number of hydrogen-bond donors (Lipinski definition) is 0. The van der Waals surface area contributed by atoms with Gasteiger partial charge < -0.3 is 0 Å². The predicted octanol–water partition coefficient (Wildman–Crippen LogP) is 2.81. The van der Waals surface area contributed by atoms with Crippen molar-refractivity contribution in [2.24, 2.45) is 5.92 Å². The number of nitrogens with zero attached hydrogens (tertiary/aromatic N) is 3. The maximum absolute atomic E-state index is 5.68. The highest BCUT2D eigenvalue weighted by molar-refractivity contribution is 6.17. The van der Waals surface area contributed by atoms with Crippen LogP contribution in [0.4, 0.5) is 0 Å². The van der Waals surface area contributed by atoms with Gasteiger partial charge in [-0.25, -0.2) is 4.68 Å². The van der Waals surface area contributed by atoms with Crippen LogP contribution in [0.1, 0.15) is 44.3 Å². The summed E-state index contributed by atoms with van der Waals surface area (Å²) in [6, 6.07) is 0.560. The molecule has 1 heterocycles. The molecule has 1 aliphatic rings. The third-order valence-electron chi connectivity index (χ3n) is 3.19. The Morgan fingerprint density at radius 2 is 2.40 bits per heavy atom. The van der Waals surface area contributed by atoms with Gasteiger partial charge in [-0.15, -0.1) is 16.7 Å². The normalized spacial score (nSPS) is 26.8. The van der Waals surface area contributed by atoms with E-state index in [4.69, 9.17) is 11.6 Å².